The van der Waals surface area contributed by atoms with Crippen molar-refractivity contribution in [3.05, 3.63) is 52.9 Å². The van der Waals surface area contributed by atoms with Gasteiger partial charge in [0.05, 0.1) is 16.9 Å². The maximum absolute atomic E-state index is 12.6. The van der Waals surface area contributed by atoms with E-state index in [2.05, 4.69) is 31.7 Å². The highest BCUT2D eigenvalue weighted by Gasteiger charge is 2.29. The number of piperazine rings is 1. The molecule has 1 atom stereocenters. The number of halogens is 2. The van der Waals surface area contributed by atoms with Crippen LogP contribution in [0.15, 0.2) is 42.2 Å². The molecule has 1 aliphatic rings. The molecule has 2 N–H and O–H groups in total. The molecule has 1 aliphatic heterocycles. The largest absolute Gasteiger partial charge is 0.352 e. The molecule has 7 nitrogen and oxygen atoms in total. The lowest BCUT2D eigenvalue weighted by atomic mass is 10.2. The van der Waals surface area contributed by atoms with Gasteiger partial charge in [0.2, 0.25) is 5.95 Å². The minimum Gasteiger partial charge on any atom is -0.352 e. The number of urea groups is 1. The number of hydrogen-bond donors (Lipinski definition) is 2. The van der Waals surface area contributed by atoms with Crippen molar-refractivity contribution in [1.82, 2.24) is 19.9 Å². The number of nitrogens with one attached hydrogen (secondary N) is 2. The molecule has 0 aliphatic carbocycles. The molecule has 0 bridgehead atoms. The number of rotatable bonds is 4. The Hall–Kier alpha value is -2.51. The monoisotopic (exact) mass is 406 g/mol. The van der Waals surface area contributed by atoms with Crippen LogP contribution >= 0.6 is 23.2 Å². The molecule has 3 rings (SSSR count). The zero-order valence-corrected chi connectivity index (χ0v) is 16.3. The minimum atomic E-state index is -0.214. The van der Waals surface area contributed by atoms with E-state index in [4.69, 9.17) is 23.2 Å². The number of aromatic amines is 1. The molecule has 0 radical (unpaired) electrons. The predicted molar refractivity (Wildman–Crippen MR) is 109 cm³/mol. The molecule has 1 saturated heterocycles. The summed E-state index contributed by atoms with van der Waals surface area (Å²) in [5.74, 6) is 1.11. The molecule has 0 aromatic carbocycles. The fourth-order valence-corrected chi connectivity index (χ4v) is 3.27. The quantitative estimate of drug-likeness (QED) is 0.752. The van der Waals surface area contributed by atoms with E-state index in [1.807, 2.05) is 13.0 Å². The summed E-state index contributed by atoms with van der Waals surface area (Å²) in [4.78, 5) is 27.9. The van der Waals surface area contributed by atoms with Gasteiger partial charge in [0.25, 0.3) is 0 Å². The molecule has 27 heavy (non-hydrogen) atoms. The van der Waals surface area contributed by atoms with Gasteiger partial charge in [-0.25, -0.2) is 14.8 Å². The highest BCUT2D eigenvalue weighted by molar-refractivity contribution is 6.33. The van der Waals surface area contributed by atoms with Crippen molar-refractivity contribution in [2.75, 3.05) is 29.9 Å². The second kappa shape index (κ2) is 8.45. The zero-order chi connectivity index (χ0) is 19.4. The second-order valence-electron chi connectivity index (χ2n) is 6.15. The first kappa shape index (κ1) is 19.3. The number of carbonyl (C=O) groups excluding carboxylic acids is 1. The summed E-state index contributed by atoms with van der Waals surface area (Å²) in [5, 5.41) is 3.87. The van der Waals surface area contributed by atoms with E-state index in [-0.39, 0.29) is 12.1 Å². The van der Waals surface area contributed by atoms with E-state index < -0.39 is 0 Å². The molecule has 2 amide bonds. The van der Waals surface area contributed by atoms with Crippen LogP contribution in [0.4, 0.5) is 16.6 Å². The topological polar surface area (TPSA) is 77.2 Å². The van der Waals surface area contributed by atoms with Crippen molar-refractivity contribution >= 4 is 47.1 Å². The van der Waals surface area contributed by atoms with Crippen molar-refractivity contribution in [3.63, 3.8) is 0 Å². The Morgan fingerprint density at radius 2 is 2.26 bits per heavy atom. The third-order valence-corrected chi connectivity index (χ3v) is 4.79. The Bertz CT molecular complexity index is 865. The first-order chi connectivity index (χ1) is 13.0. The summed E-state index contributed by atoms with van der Waals surface area (Å²) < 4.78 is 0. The molecular formula is C18H20Cl2N6O. The van der Waals surface area contributed by atoms with Gasteiger partial charge in [-0.1, -0.05) is 35.9 Å². The van der Waals surface area contributed by atoms with Gasteiger partial charge in [-0.05, 0) is 25.1 Å². The Balaban J connectivity index is 1.62. The van der Waals surface area contributed by atoms with Crippen LogP contribution in [0, 0.1) is 0 Å². The molecule has 1 fully saturated rings. The van der Waals surface area contributed by atoms with E-state index >= 15 is 0 Å². The van der Waals surface area contributed by atoms with E-state index in [1.54, 1.807) is 29.4 Å². The normalized spacial score (nSPS) is 17.7. The number of aromatic nitrogens is 3. The highest BCUT2D eigenvalue weighted by atomic mass is 35.5. The first-order valence-electron chi connectivity index (χ1n) is 8.45. The smallest absolute Gasteiger partial charge is 0.324 e. The number of nitrogens with zero attached hydrogens (tertiary/aromatic N) is 4. The van der Waals surface area contributed by atoms with Gasteiger partial charge in [-0.3, -0.25) is 5.32 Å². The predicted octanol–water partition coefficient (Wildman–Crippen LogP) is 3.97. The van der Waals surface area contributed by atoms with Crippen LogP contribution in [0.1, 0.15) is 12.6 Å². The average molecular weight is 407 g/mol. The minimum absolute atomic E-state index is 0.0126. The fourth-order valence-electron chi connectivity index (χ4n) is 2.91. The van der Waals surface area contributed by atoms with E-state index in [0.717, 1.165) is 5.82 Å². The van der Waals surface area contributed by atoms with Gasteiger partial charge in [0.15, 0.2) is 0 Å². The third-order valence-electron chi connectivity index (χ3n) is 4.24. The summed E-state index contributed by atoms with van der Waals surface area (Å²) in [7, 11) is 0. The van der Waals surface area contributed by atoms with Crippen molar-refractivity contribution in [2.45, 2.75) is 13.0 Å². The molecule has 0 saturated carbocycles. The number of anilines is 2. The zero-order valence-electron chi connectivity index (χ0n) is 14.8. The number of hydrogen-bond acceptors (Lipinski definition) is 4. The molecule has 3 heterocycles. The molecule has 9 heteroatoms. The van der Waals surface area contributed by atoms with Crippen molar-refractivity contribution < 1.29 is 4.79 Å². The summed E-state index contributed by atoms with van der Waals surface area (Å²) in [6.45, 7) is 7.42. The number of carbonyl (C=O) groups is 1. The highest BCUT2D eigenvalue weighted by Crippen LogP contribution is 2.25. The van der Waals surface area contributed by atoms with Crippen molar-refractivity contribution in [3.8, 4) is 0 Å². The molecule has 2 aromatic rings. The van der Waals surface area contributed by atoms with Gasteiger partial charge in [-0.15, -0.1) is 0 Å². The standard InChI is InChI=1S/C18H20Cl2N6O/c1-3-13(19)9-14-10-22-17(23-14)24-18(27)26-8-7-25(11-12(26)2)16-15(20)5-4-6-21-16/h3-6,9-10,12H,1,7-8,11H2,2H3,(H2,22,23,24,27)/b13-9+. The maximum Gasteiger partial charge on any atom is 0.324 e. The maximum atomic E-state index is 12.6. The van der Waals surface area contributed by atoms with Gasteiger partial charge < -0.3 is 14.8 Å². The van der Waals surface area contributed by atoms with Crippen molar-refractivity contribution in [1.29, 1.82) is 0 Å². The summed E-state index contributed by atoms with van der Waals surface area (Å²) in [6, 6.07) is 3.39. The number of allylic oxidation sites excluding steroid dienone is 2. The van der Waals surface area contributed by atoms with E-state index in [0.29, 0.717) is 41.3 Å². The Kier molecular flexibility index (Phi) is 6.03. The lowest BCUT2D eigenvalue weighted by Gasteiger charge is -2.40. The fraction of sp³-hybridized carbons (Fsp3) is 0.278. The van der Waals surface area contributed by atoms with Gasteiger partial charge in [0.1, 0.15) is 5.82 Å². The van der Waals surface area contributed by atoms with Crippen LogP contribution in [0.3, 0.4) is 0 Å². The number of pyridine rings is 1. The SMILES string of the molecule is C=C/C(Cl)=C\c1cnc(NC(=O)N2CCN(c3ncccc3Cl)CC2C)[nH]1. The van der Waals surface area contributed by atoms with Gasteiger partial charge in [0, 0.05) is 36.9 Å². The Morgan fingerprint density at radius 1 is 1.44 bits per heavy atom. The molecule has 2 aromatic heterocycles. The summed E-state index contributed by atoms with van der Waals surface area (Å²) in [5.41, 5.74) is 0.679. The molecular weight excluding hydrogens is 387 g/mol. The Labute approximate surface area is 167 Å². The molecule has 1 unspecified atom stereocenters. The number of H-pyrrole nitrogens is 1. The van der Waals surface area contributed by atoms with Crippen LogP contribution < -0.4 is 10.2 Å². The van der Waals surface area contributed by atoms with E-state index in [9.17, 15) is 4.79 Å². The third kappa shape index (κ3) is 4.61. The molecule has 142 valence electrons. The lowest BCUT2D eigenvalue weighted by molar-refractivity contribution is 0.184. The molecule has 0 spiro atoms. The Morgan fingerprint density at radius 3 is 2.96 bits per heavy atom. The van der Waals surface area contributed by atoms with Crippen LogP contribution in [-0.4, -0.2) is 51.6 Å². The summed E-state index contributed by atoms with van der Waals surface area (Å²) >= 11 is 12.1. The van der Waals surface area contributed by atoms with Gasteiger partial charge in [-0.2, -0.15) is 0 Å². The number of imidazole rings is 1. The van der Waals surface area contributed by atoms with Crippen molar-refractivity contribution in [2.24, 2.45) is 0 Å². The summed E-state index contributed by atoms with van der Waals surface area (Å²) in [6.07, 6.45) is 6.50. The number of amides is 2. The van der Waals surface area contributed by atoms with Crippen LogP contribution in [0.2, 0.25) is 5.02 Å². The first-order valence-corrected chi connectivity index (χ1v) is 9.21. The lowest BCUT2D eigenvalue weighted by Crippen LogP contribution is -2.55. The second-order valence-corrected chi connectivity index (χ2v) is 6.99. The van der Waals surface area contributed by atoms with Crippen LogP contribution in [0.25, 0.3) is 6.08 Å². The van der Waals surface area contributed by atoms with Crippen LogP contribution in [-0.2, 0) is 0 Å². The average Bonchev–Trinajstić information content (AvgIpc) is 3.08. The van der Waals surface area contributed by atoms with E-state index in [1.165, 1.54) is 6.08 Å². The van der Waals surface area contributed by atoms with Gasteiger partial charge >= 0.3 is 6.03 Å². The van der Waals surface area contributed by atoms with Crippen LogP contribution in [0.5, 0.6) is 0 Å².